The Labute approximate surface area is 116 Å². The van der Waals surface area contributed by atoms with Gasteiger partial charge in [-0.2, -0.15) is 0 Å². The van der Waals surface area contributed by atoms with E-state index in [4.69, 9.17) is 10.5 Å². The SMILES string of the molecule is CC(C)(C)C(=O)Nc1sc2c(c1C(N)=O)CCOC2. The van der Waals surface area contributed by atoms with E-state index in [1.165, 1.54) is 11.3 Å². The molecule has 1 aliphatic heterocycles. The molecule has 1 aromatic rings. The molecule has 104 valence electrons. The Balaban J connectivity index is 2.38. The van der Waals surface area contributed by atoms with Gasteiger partial charge in [0.1, 0.15) is 5.00 Å². The van der Waals surface area contributed by atoms with Gasteiger partial charge in [0.2, 0.25) is 5.91 Å². The number of nitrogens with two attached hydrogens (primary N) is 1. The molecule has 0 spiro atoms. The van der Waals surface area contributed by atoms with Crippen molar-refractivity contribution in [3.8, 4) is 0 Å². The summed E-state index contributed by atoms with van der Waals surface area (Å²) in [5.74, 6) is -0.627. The second kappa shape index (κ2) is 4.94. The van der Waals surface area contributed by atoms with E-state index in [9.17, 15) is 9.59 Å². The second-order valence-electron chi connectivity index (χ2n) is 5.58. The molecule has 0 saturated heterocycles. The van der Waals surface area contributed by atoms with Gasteiger partial charge in [-0.15, -0.1) is 11.3 Å². The van der Waals surface area contributed by atoms with Crippen molar-refractivity contribution in [2.45, 2.75) is 33.8 Å². The number of primary amides is 1. The molecule has 1 aromatic heterocycles. The average molecular weight is 282 g/mol. The molecule has 6 heteroatoms. The number of rotatable bonds is 2. The number of nitrogens with one attached hydrogen (secondary N) is 1. The van der Waals surface area contributed by atoms with Crippen molar-refractivity contribution in [2.75, 3.05) is 11.9 Å². The quantitative estimate of drug-likeness (QED) is 0.869. The first kappa shape index (κ1) is 14.0. The van der Waals surface area contributed by atoms with Gasteiger partial charge in [0.25, 0.3) is 5.91 Å². The third-order valence-corrected chi connectivity index (χ3v) is 4.10. The van der Waals surface area contributed by atoms with Crippen LogP contribution in [0.1, 0.15) is 41.6 Å². The zero-order valence-electron chi connectivity index (χ0n) is 11.3. The van der Waals surface area contributed by atoms with Crippen LogP contribution in [0.5, 0.6) is 0 Å². The maximum absolute atomic E-state index is 12.0. The fraction of sp³-hybridized carbons (Fsp3) is 0.538. The van der Waals surface area contributed by atoms with Crippen molar-refractivity contribution in [3.05, 3.63) is 16.0 Å². The van der Waals surface area contributed by atoms with E-state index in [2.05, 4.69) is 5.32 Å². The lowest BCUT2D eigenvalue weighted by Gasteiger charge is -2.17. The van der Waals surface area contributed by atoms with Crippen LogP contribution in [0, 0.1) is 5.41 Å². The maximum atomic E-state index is 12.0. The van der Waals surface area contributed by atoms with Gasteiger partial charge < -0.3 is 15.8 Å². The highest BCUT2D eigenvalue weighted by molar-refractivity contribution is 7.17. The van der Waals surface area contributed by atoms with Crippen molar-refractivity contribution in [2.24, 2.45) is 11.1 Å². The van der Waals surface area contributed by atoms with Gasteiger partial charge >= 0.3 is 0 Å². The van der Waals surface area contributed by atoms with Crippen LogP contribution in [-0.4, -0.2) is 18.4 Å². The first-order chi connectivity index (χ1) is 8.80. The summed E-state index contributed by atoms with van der Waals surface area (Å²) in [6, 6.07) is 0. The summed E-state index contributed by atoms with van der Waals surface area (Å²) in [6.45, 7) is 6.52. The lowest BCUT2D eigenvalue weighted by Crippen LogP contribution is -2.28. The van der Waals surface area contributed by atoms with Crippen LogP contribution in [0.2, 0.25) is 0 Å². The zero-order valence-corrected chi connectivity index (χ0v) is 12.1. The molecule has 5 nitrogen and oxygen atoms in total. The molecule has 0 aromatic carbocycles. The summed E-state index contributed by atoms with van der Waals surface area (Å²) in [6.07, 6.45) is 0.662. The summed E-state index contributed by atoms with van der Waals surface area (Å²) >= 11 is 1.38. The van der Waals surface area contributed by atoms with Crippen LogP contribution in [0.4, 0.5) is 5.00 Å². The molecule has 1 aliphatic rings. The lowest BCUT2D eigenvalue weighted by atomic mass is 9.95. The molecule has 0 bridgehead atoms. The van der Waals surface area contributed by atoms with Crippen LogP contribution >= 0.6 is 11.3 Å². The first-order valence-corrected chi connectivity index (χ1v) is 6.96. The third kappa shape index (κ3) is 2.79. The highest BCUT2D eigenvalue weighted by Crippen LogP contribution is 2.36. The van der Waals surface area contributed by atoms with Crippen molar-refractivity contribution < 1.29 is 14.3 Å². The van der Waals surface area contributed by atoms with Gasteiger partial charge in [-0.25, -0.2) is 0 Å². The van der Waals surface area contributed by atoms with Crippen LogP contribution in [0.15, 0.2) is 0 Å². The fourth-order valence-electron chi connectivity index (χ4n) is 1.87. The number of hydrogen-bond acceptors (Lipinski definition) is 4. The Kier molecular flexibility index (Phi) is 3.64. The third-order valence-electron chi connectivity index (χ3n) is 2.97. The molecule has 2 amide bonds. The molecule has 0 radical (unpaired) electrons. The topological polar surface area (TPSA) is 81.4 Å². The highest BCUT2D eigenvalue weighted by Gasteiger charge is 2.28. The molecule has 0 atom stereocenters. The lowest BCUT2D eigenvalue weighted by molar-refractivity contribution is -0.123. The highest BCUT2D eigenvalue weighted by atomic mass is 32.1. The summed E-state index contributed by atoms with van der Waals surface area (Å²) in [4.78, 5) is 24.6. The van der Waals surface area contributed by atoms with Crippen molar-refractivity contribution in [1.29, 1.82) is 0 Å². The summed E-state index contributed by atoms with van der Waals surface area (Å²) in [7, 11) is 0. The molecule has 0 fully saturated rings. The molecule has 19 heavy (non-hydrogen) atoms. The molecule has 2 heterocycles. The minimum Gasteiger partial charge on any atom is -0.376 e. The molecule has 3 N–H and O–H groups in total. The predicted octanol–water partition coefficient (Wildman–Crippen LogP) is 1.90. The van der Waals surface area contributed by atoms with Crippen LogP contribution < -0.4 is 11.1 Å². The van der Waals surface area contributed by atoms with Gasteiger partial charge in [0.05, 0.1) is 18.8 Å². The van der Waals surface area contributed by atoms with E-state index >= 15 is 0 Å². The number of amides is 2. The number of thiophene rings is 1. The summed E-state index contributed by atoms with van der Waals surface area (Å²) in [5, 5.41) is 3.36. The van der Waals surface area contributed by atoms with Crippen LogP contribution in [0.3, 0.4) is 0 Å². The van der Waals surface area contributed by atoms with Crippen LogP contribution in [0.25, 0.3) is 0 Å². The van der Waals surface area contributed by atoms with E-state index in [0.29, 0.717) is 30.2 Å². The number of anilines is 1. The van der Waals surface area contributed by atoms with Crippen LogP contribution in [-0.2, 0) is 22.6 Å². The monoisotopic (exact) mass is 282 g/mol. The summed E-state index contributed by atoms with van der Waals surface area (Å²) < 4.78 is 5.36. The molecule has 0 unspecified atom stereocenters. The van der Waals surface area contributed by atoms with E-state index in [-0.39, 0.29) is 5.91 Å². The van der Waals surface area contributed by atoms with E-state index in [0.717, 1.165) is 10.4 Å². The Morgan fingerprint density at radius 3 is 2.63 bits per heavy atom. The number of fused-ring (bicyclic) bond motifs is 1. The average Bonchev–Trinajstić information content (AvgIpc) is 2.65. The van der Waals surface area contributed by atoms with Gasteiger partial charge in [0, 0.05) is 10.3 Å². The van der Waals surface area contributed by atoms with E-state index < -0.39 is 11.3 Å². The predicted molar refractivity (Wildman–Crippen MR) is 74.3 cm³/mol. The largest absolute Gasteiger partial charge is 0.376 e. The molecule has 2 rings (SSSR count). The molecule has 0 aliphatic carbocycles. The zero-order chi connectivity index (χ0) is 14.2. The van der Waals surface area contributed by atoms with Gasteiger partial charge in [-0.05, 0) is 12.0 Å². The number of carbonyl (C=O) groups is 2. The van der Waals surface area contributed by atoms with Crippen molar-refractivity contribution in [3.63, 3.8) is 0 Å². The molecule has 0 saturated carbocycles. The Hall–Kier alpha value is -1.40. The molecular weight excluding hydrogens is 264 g/mol. The van der Waals surface area contributed by atoms with E-state index in [1.54, 1.807) is 0 Å². The Morgan fingerprint density at radius 1 is 1.37 bits per heavy atom. The molecular formula is C13H18N2O3S. The summed E-state index contributed by atoms with van der Waals surface area (Å²) in [5.41, 5.74) is 6.29. The van der Waals surface area contributed by atoms with Gasteiger partial charge in [-0.3, -0.25) is 9.59 Å². The number of carbonyl (C=O) groups excluding carboxylic acids is 2. The van der Waals surface area contributed by atoms with E-state index in [1.807, 2.05) is 20.8 Å². The maximum Gasteiger partial charge on any atom is 0.251 e. The van der Waals surface area contributed by atoms with Gasteiger partial charge in [-0.1, -0.05) is 20.8 Å². The smallest absolute Gasteiger partial charge is 0.251 e. The number of ether oxygens (including phenoxy) is 1. The fourth-order valence-corrected chi connectivity index (χ4v) is 3.06. The Bertz CT molecular complexity index is 529. The van der Waals surface area contributed by atoms with Gasteiger partial charge in [0.15, 0.2) is 0 Å². The number of hydrogen-bond donors (Lipinski definition) is 2. The standard InChI is InChI=1S/C13H18N2O3S/c1-13(2,3)12(17)15-11-9(10(14)16)7-4-5-18-6-8(7)19-11/h4-6H2,1-3H3,(H2,14,16)(H,15,17). The second-order valence-corrected chi connectivity index (χ2v) is 6.68. The normalized spacial score (nSPS) is 14.9. The minimum atomic E-state index is -0.518. The van der Waals surface area contributed by atoms with Crippen molar-refractivity contribution in [1.82, 2.24) is 0 Å². The first-order valence-electron chi connectivity index (χ1n) is 6.14. The Morgan fingerprint density at radius 2 is 2.05 bits per heavy atom. The van der Waals surface area contributed by atoms with Crippen molar-refractivity contribution >= 4 is 28.2 Å². The minimum absolute atomic E-state index is 0.130.